The monoisotopic (exact) mass is 342 g/mol. The fourth-order valence-corrected chi connectivity index (χ4v) is 3.17. The highest BCUT2D eigenvalue weighted by molar-refractivity contribution is 5.98. The van der Waals surface area contributed by atoms with Crippen molar-refractivity contribution in [3.63, 3.8) is 0 Å². The van der Waals surface area contributed by atoms with Crippen molar-refractivity contribution in [2.75, 3.05) is 19.8 Å². The number of rotatable bonds is 3. The summed E-state index contributed by atoms with van der Waals surface area (Å²) >= 11 is 0. The number of ether oxygens (including phenoxy) is 1. The lowest BCUT2D eigenvalue weighted by atomic mass is 9.89. The second-order valence-electron chi connectivity index (χ2n) is 6.00. The van der Waals surface area contributed by atoms with E-state index >= 15 is 0 Å². The number of hydrogen-bond donors (Lipinski definition) is 1. The van der Waals surface area contributed by atoms with E-state index in [0.29, 0.717) is 19.6 Å². The maximum Gasteiger partial charge on any atom is 0.416 e. The van der Waals surface area contributed by atoms with Gasteiger partial charge in [0.2, 0.25) is 5.91 Å². The van der Waals surface area contributed by atoms with E-state index in [1.807, 2.05) is 0 Å². The smallest absolute Gasteiger partial charge is 0.381 e. The number of hydrogen-bond acceptors (Lipinski definition) is 3. The molecular formula is C16H17F3N2O3. The van der Waals surface area contributed by atoms with Crippen LogP contribution in [0.1, 0.15) is 17.5 Å². The van der Waals surface area contributed by atoms with Crippen molar-refractivity contribution < 1.29 is 27.5 Å². The van der Waals surface area contributed by atoms with Crippen molar-refractivity contribution >= 4 is 11.9 Å². The molecule has 130 valence electrons. The highest BCUT2D eigenvalue weighted by Gasteiger charge is 2.41. The molecule has 8 heteroatoms. The first-order valence-corrected chi connectivity index (χ1v) is 7.70. The van der Waals surface area contributed by atoms with Crippen LogP contribution in [0.4, 0.5) is 18.0 Å². The Labute approximate surface area is 136 Å². The molecule has 3 rings (SSSR count). The zero-order valence-corrected chi connectivity index (χ0v) is 12.8. The number of halogens is 3. The average molecular weight is 342 g/mol. The van der Waals surface area contributed by atoms with E-state index in [2.05, 4.69) is 5.32 Å². The molecule has 5 nitrogen and oxygen atoms in total. The first kappa shape index (κ1) is 16.8. The highest BCUT2D eigenvalue weighted by atomic mass is 19.4. The Kier molecular flexibility index (Phi) is 4.49. The van der Waals surface area contributed by atoms with Crippen LogP contribution in [-0.4, -0.2) is 36.6 Å². The van der Waals surface area contributed by atoms with E-state index < -0.39 is 36.1 Å². The van der Waals surface area contributed by atoms with Gasteiger partial charge in [0.25, 0.3) is 0 Å². The Balaban J connectivity index is 1.83. The van der Waals surface area contributed by atoms with Crippen molar-refractivity contribution in [3.8, 4) is 0 Å². The van der Waals surface area contributed by atoms with Gasteiger partial charge >= 0.3 is 12.2 Å². The molecule has 2 aliphatic heterocycles. The molecule has 1 aromatic rings. The molecule has 0 bridgehead atoms. The van der Waals surface area contributed by atoms with Gasteiger partial charge in [-0.3, -0.25) is 9.69 Å². The summed E-state index contributed by atoms with van der Waals surface area (Å²) in [6.45, 7) is 0.784. The number of imide groups is 1. The van der Waals surface area contributed by atoms with Gasteiger partial charge in [0.15, 0.2) is 0 Å². The maximum atomic E-state index is 13.1. The summed E-state index contributed by atoms with van der Waals surface area (Å²) in [7, 11) is 0. The van der Waals surface area contributed by atoms with Crippen LogP contribution in [0, 0.1) is 11.8 Å². The molecular weight excluding hydrogens is 325 g/mol. The quantitative estimate of drug-likeness (QED) is 0.918. The molecule has 2 atom stereocenters. The number of urea groups is 1. The number of benzene rings is 1. The molecule has 1 aromatic carbocycles. The molecule has 2 fully saturated rings. The van der Waals surface area contributed by atoms with Crippen LogP contribution in [0.25, 0.3) is 0 Å². The Morgan fingerprint density at radius 3 is 2.67 bits per heavy atom. The summed E-state index contributed by atoms with van der Waals surface area (Å²) < 4.78 is 44.6. The van der Waals surface area contributed by atoms with Crippen LogP contribution in [0.5, 0.6) is 0 Å². The molecule has 2 aliphatic rings. The van der Waals surface area contributed by atoms with E-state index in [-0.39, 0.29) is 18.0 Å². The fraction of sp³-hybridized carbons (Fsp3) is 0.500. The summed E-state index contributed by atoms with van der Waals surface area (Å²) in [5, 5.41) is 2.60. The Morgan fingerprint density at radius 2 is 2.00 bits per heavy atom. The van der Waals surface area contributed by atoms with Crippen LogP contribution in [0.3, 0.4) is 0 Å². The Hall–Kier alpha value is -2.09. The lowest BCUT2D eigenvalue weighted by Crippen LogP contribution is -2.56. The average Bonchev–Trinajstić information content (AvgIpc) is 3.05. The summed E-state index contributed by atoms with van der Waals surface area (Å²) in [5.41, 5.74) is -0.936. The van der Waals surface area contributed by atoms with Crippen LogP contribution in [-0.2, 0) is 22.3 Å². The molecule has 24 heavy (non-hydrogen) atoms. The first-order chi connectivity index (χ1) is 11.4. The van der Waals surface area contributed by atoms with E-state index in [1.165, 1.54) is 18.2 Å². The Bertz CT molecular complexity index is 642. The lowest BCUT2D eigenvalue weighted by Gasteiger charge is -2.34. The number of amides is 3. The number of nitrogens with one attached hydrogen (secondary N) is 1. The van der Waals surface area contributed by atoms with Gasteiger partial charge in [-0.2, -0.15) is 13.2 Å². The van der Waals surface area contributed by atoms with E-state index in [1.54, 1.807) is 0 Å². The molecule has 0 radical (unpaired) electrons. The molecule has 1 N–H and O–H groups in total. The van der Waals surface area contributed by atoms with Crippen molar-refractivity contribution in [2.24, 2.45) is 11.8 Å². The van der Waals surface area contributed by atoms with E-state index in [0.717, 1.165) is 11.0 Å². The van der Waals surface area contributed by atoms with Crippen LogP contribution >= 0.6 is 0 Å². The third-order valence-corrected chi connectivity index (χ3v) is 4.49. The van der Waals surface area contributed by atoms with Gasteiger partial charge in [-0.25, -0.2) is 4.79 Å². The van der Waals surface area contributed by atoms with Gasteiger partial charge in [0.05, 0.1) is 24.6 Å². The Morgan fingerprint density at radius 1 is 1.25 bits per heavy atom. The van der Waals surface area contributed by atoms with E-state index in [9.17, 15) is 22.8 Å². The second kappa shape index (κ2) is 6.43. The maximum absolute atomic E-state index is 13.1. The minimum absolute atomic E-state index is 0.0153. The summed E-state index contributed by atoms with van der Waals surface area (Å²) in [5.74, 6) is -0.909. The van der Waals surface area contributed by atoms with Crippen molar-refractivity contribution in [2.45, 2.75) is 19.1 Å². The van der Waals surface area contributed by atoms with Gasteiger partial charge in [-0.1, -0.05) is 18.2 Å². The zero-order chi connectivity index (χ0) is 17.3. The number of carbonyl (C=O) groups excluding carboxylic acids is 2. The summed E-state index contributed by atoms with van der Waals surface area (Å²) in [6.07, 6.45) is -3.83. The molecule has 2 heterocycles. The standard InChI is InChI=1S/C16H17F3N2O3/c17-16(18,19)13-4-2-1-3-10(13)8-21-14(22)12(7-20-15(21)23)11-5-6-24-9-11/h1-4,11-12H,5-9H2,(H,20,23). The summed E-state index contributed by atoms with van der Waals surface area (Å²) in [4.78, 5) is 25.5. The largest absolute Gasteiger partial charge is 0.416 e. The van der Waals surface area contributed by atoms with Gasteiger partial charge < -0.3 is 10.1 Å². The number of carbonyl (C=O) groups is 2. The predicted octanol–water partition coefficient (Wildman–Crippen LogP) is 2.41. The SMILES string of the molecule is O=C1NCC(C2CCOC2)C(=O)N1Cc1ccccc1C(F)(F)F. The third-order valence-electron chi connectivity index (χ3n) is 4.49. The molecule has 0 aromatic heterocycles. The van der Waals surface area contributed by atoms with E-state index in [4.69, 9.17) is 4.74 Å². The molecule has 0 spiro atoms. The molecule has 2 saturated heterocycles. The zero-order valence-electron chi connectivity index (χ0n) is 12.8. The normalized spacial score (nSPS) is 25.0. The van der Waals surface area contributed by atoms with Crippen molar-refractivity contribution in [3.05, 3.63) is 35.4 Å². The molecule has 2 unspecified atom stereocenters. The first-order valence-electron chi connectivity index (χ1n) is 7.70. The predicted molar refractivity (Wildman–Crippen MR) is 77.8 cm³/mol. The van der Waals surface area contributed by atoms with Gasteiger partial charge in [-0.05, 0) is 24.0 Å². The topological polar surface area (TPSA) is 58.6 Å². The van der Waals surface area contributed by atoms with Crippen LogP contribution in [0.2, 0.25) is 0 Å². The molecule has 0 saturated carbocycles. The fourth-order valence-electron chi connectivity index (χ4n) is 3.17. The van der Waals surface area contributed by atoms with Crippen molar-refractivity contribution in [1.29, 1.82) is 0 Å². The number of alkyl halides is 3. The summed E-state index contributed by atoms with van der Waals surface area (Å²) in [6, 6.07) is 4.31. The van der Waals surface area contributed by atoms with Gasteiger partial charge in [-0.15, -0.1) is 0 Å². The second-order valence-corrected chi connectivity index (χ2v) is 6.00. The number of nitrogens with zero attached hydrogens (tertiary/aromatic N) is 1. The van der Waals surface area contributed by atoms with Crippen molar-refractivity contribution in [1.82, 2.24) is 10.2 Å². The highest BCUT2D eigenvalue weighted by Crippen LogP contribution is 2.33. The molecule has 0 aliphatic carbocycles. The third kappa shape index (κ3) is 3.24. The minimum atomic E-state index is -4.54. The molecule has 3 amide bonds. The van der Waals surface area contributed by atoms with Gasteiger partial charge in [0.1, 0.15) is 0 Å². The minimum Gasteiger partial charge on any atom is -0.381 e. The van der Waals surface area contributed by atoms with Gasteiger partial charge in [0, 0.05) is 13.2 Å². The van der Waals surface area contributed by atoms with Crippen LogP contribution < -0.4 is 5.32 Å². The lowest BCUT2D eigenvalue weighted by molar-refractivity contribution is -0.141. The van der Waals surface area contributed by atoms with Crippen LogP contribution in [0.15, 0.2) is 24.3 Å².